The monoisotopic (exact) mass is 365 g/mol. The molecule has 2 amide bonds. The summed E-state index contributed by atoms with van der Waals surface area (Å²) in [6, 6.07) is 17.8. The fourth-order valence-corrected chi connectivity index (χ4v) is 3.41. The van der Waals surface area contributed by atoms with E-state index < -0.39 is 0 Å². The molecule has 3 rings (SSSR count). The van der Waals surface area contributed by atoms with Crippen molar-refractivity contribution in [1.29, 1.82) is 0 Å². The molecule has 0 aliphatic carbocycles. The highest BCUT2D eigenvalue weighted by Gasteiger charge is 2.20. The van der Waals surface area contributed by atoms with Gasteiger partial charge in [-0.1, -0.05) is 48.5 Å². The van der Waals surface area contributed by atoms with E-state index >= 15 is 0 Å². The van der Waals surface area contributed by atoms with Gasteiger partial charge in [0, 0.05) is 38.3 Å². The lowest BCUT2D eigenvalue weighted by molar-refractivity contribution is -0.130. The van der Waals surface area contributed by atoms with Gasteiger partial charge in [-0.2, -0.15) is 0 Å². The lowest BCUT2D eigenvalue weighted by Crippen LogP contribution is -2.42. The third-order valence-electron chi connectivity index (χ3n) is 4.98. The zero-order valence-corrected chi connectivity index (χ0v) is 15.9. The van der Waals surface area contributed by atoms with E-state index in [1.807, 2.05) is 36.1 Å². The van der Waals surface area contributed by atoms with Crippen molar-refractivity contribution in [3.8, 4) is 0 Å². The Kier molecular flexibility index (Phi) is 6.60. The van der Waals surface area contributed by atoms with Crippen LogP contribution in [0.4, 0.5) is 0 Å². The van der Waals surface area contributed by atoms with Crippen molar-refractivity contribution in [3.63, 3.8) is 0 Å². The molecule has 142 valence electrons. The van der Waals surface area contributed by atoms with E-state index in [-0.39, 0.29) is 18.4 Å². The van der Waals surface area contributed by atoms with E-state index in [0.717, 1.165) is 38.2 Å². The van der Waals surface area contributed by atoms with Gasteiger partial charge in [0.25, 0.3) is 5.91 Å². The highest BCUT2D eigenvalue weighted by molar-refractivity contribution is 5.97. The molecule has 27 heavy (non-hydrogen) atoms. The molecule has 0 radical (unpaired) electrons. The molecule has 1 fully saturated rings. The second kappa shape index (κ2) is 9.33. The number of nitrogens with zero attached hydrogens (tertiary/aromatic N) is 2. The Hall–Kier alpha value is -2.66. The zero-order valence-electron chi connectivity index (χ0n) is 15.9. The van der Waals surface area contributed by atoms with E-state index in [0.29, 0.717) is 12.1 Å². The predicted molar refractivity (Wildman–Crippen MR) is 106 cm³/mol. The summed E-state index contributed by atoms with van der Waals surface area (Å²) in [5.74, 6) is -0.208. The molecule has 5 heteroatoms. The number of hydrogen-bond acceptors (Lipinski definition) is 3. The van der Waals surface area contributed by atoms with Crippen LogP contribution in [0.1, 0.15) is 27.9 Å². The van der Waals surface area contributed by atoms with Gasteiger partial charge in [-0.3, -0.25) is 14.5 Å². The molecule has 5 nitrogen and oxygen atoms in total. The van der Waals surface area contributed by atoms with Crippen molar-refractivity contribution in [2.45, 2.75) is 19.9 Å². The fourth-order valence-electron chi connectivity index (χ4n) is 3.41. The summed E-state index contributed by atoms with van der Waals surface area (Å²) >= 11 is 0. The van der Waals surface area contributed by atoms with Crippen LogP contribution in [0.3, 0.4) is 0 Å². The Labute approximate surface area is 161 Å². The molecule has 0 unspecified atom stereocenters. The lowest BCUT2D eigenvalue weighted by Gasteiger charge is -2.22. The number of nitrogens with one attached hydrogen (secondary N) is 1. The van der Waals surface area contributed by atoms with Gasteiger partial charge in [-0.05, 0) is 30.5 Å². The Morgan fingerprint density at radius 2 is 1.67 bits per heavy atom. The summed E-state index contributed by atoms with van der Waals surface area (Å²) in [7, 11) is 0. The van der Waals surface area contributed by atoms with Crippen LogP contribution in [0, 0.1) is 6.92 Å². The number of carbonyl (C=O) groups excluding carboxylic acids is 2. The quantitative estimate of drug-likeness (QED) is 0.886. The highest BCUT2D eigenvalue weighted by atomic mass is 16.2. The molecule has 1 N–H and O–H groups in total. The molecule has 1 aliphatic heterocycles. The van der Waals surface area contributed by atoms with Crippen molar-refractivity contribution >= 4 is 11.8 Å². The van der Waals surface area contributed by atoms with Crippen molar-refractivity contribution in [3.05, 3.63) is 71.3 Å². The van der Waals surface area contributed by atoms with Crippen molar-refractivity contribution in [1.82, 2.24) is 15.1 Å². The second-order valence-corrected chi connectivity index (χ2v) is 6.99. The largest absolute Gasteiger partial charge is 0.343 e. The third kappa shape index (κ3) is 5.41. The van der Waals surface area contributed by atoms with Crippen molar-refractivity contribution in [2.24, 2.45) is 0 Å². The predicted octanol–water partition coefficient (Wildman–Crippen LogP) is 2.46. The SMILES string of the molecule is Cc1ccccc1C(=O)NCC(=O)N1CCCN(Cc2ccccc2)CC1. The summed E-state index contributed by atoms with van der Waals surface area (Å²) < 4.78 is 0. The minimum atomic E-state index is -0.193. The van der Waals surface area contributed by atoms with Crippen LogP contribution in [0.2, 0.25) is 0 Å². The third-order valence-corrected chi connectivity index (χ3v) is 4.98. The first-order valence-corrected chi connectivity index (χ1v) is 9.51. The van der Waals surface area contributed by atoms with E-state index in [2.05, 4.69) is 34.5 Å². The Bertz CT molecular complexity index is 776. The summed E-state index contributed by atoms with van der Waals surface area (Å²) in [4.78, 5) is 29.1. The number of rotatable bonds is 5. The molecule has 2 aromatic carbocycles. The molecule has 1 heterocycles. The minimum Gasteiger partial charge on any atom is -0.343 e. The van der Waals surface area contributed by atoms with Gasteiger partial charge < -0.3 is 10.2 Å². The molecule has 0 atom stereocenters. The van der Waals surface area contributed by atoms with E-state index in [9.17, 15) is 9.59 Å². The first-order chi connectivity index (χ1) is 13.1. The van der Waals surface area contributed by atoms with Crippen LogP contribution in [0.5, 0.6) is 0 Å². The van der Waals surface area contributed by atoms with E-state index in [1.165, 1.54) is 5.56 Å². The number of benzene rings is 2. The van der Waals surface area contributed by atoms with Crippen LogP contribution in [-0.2, 0) is 11.3 Å². The van der Waals surface area contributed by atoms with Gasteiger partial charge >= 0.3 is 0 Å². The fraction of sp³-hybridized carbons (Fsp3) is 0.364. The molecule has 0 saturated carbocycles. The Balaban J connectivity index is 1.48. The molecular weight excluding hydrogens is 338 g/mol. The van der Waals surface area contributed by atoms with Crippen LogP contribution >= 0.6 is 0 Å². The van der Waals surface area contributed by atoms with Gasteiger partial charge in [0.1, 0.15) is 0 Å². The standard InChI is InChI=1S/C22H27N3O2/c1-18-8-5-6-11-20(18)22(27)23-16-21(26)25-13-7-12-24(14-15-25)17-19-9-3-2-4-10-19/h2-6,8-11H,7,12-17H2,1H3,(H,23,27). The Morgan fingerprint density at radius 1 is 0.926 bits per heavy atom. The molecule has 1 saturated heterocycles. The molecule has 0 aromatic heterocycles. The molecule has 0 bridgehead atoms. The summed E-state index contributed by atoms with van der Waals surface area (Å²) in [6.45, 7) is 6.13. The van der Waals surface area contributed by atoms with Crippen molar-refractivity contribution < 1.29 is 9.59 Å². The minimum absolute atomic E-state index is 0.0153. The van der Waals surface area contributed by atoms with Crippen LogP contribution in [-0.4, -0.2) is 54.3 Å². The number of hydrogen-bond donors (Lipinski definition) is 1. The first kappa shape index (κ1) is 19.1. The molecule has 0 spiro atoms. The summed E-state index contributed by atoms with van der Waals surface area (Å²) in [5.41, 5.74) is 2.83. The maximum atomic E-state index is 12.5. The Morgan fingerprint density at radius 3 is 2.44 bits per heavy atom. The highest BCUT2D eigenvalue weighted by Crippen LogP contribution is 2.10. The zero-order chi connectivity index (χ0) is 19.1. The summed E-state index contributed by atoms with van der Waals surface area (Å²) in [5, 5.41) is 2.76. The number of aryl methyl sites for hydroxylation is 1. The first-order valence-electron chi connectivity index (χ1n) is 9.51. The number of carbonyl (C=O) groups is 2. The molecular formula is C22H27N3O2. The maximum absolute atomic E-state index is 12.5. The van der Waals surface area contributed by atoms with Crippen LogP contribution < -0.4 is 5.32 Å². The molecule has 2 aromatic rings. The average molecular weight is 365 g/mol. The van der Waals surface area contributed by atoms with Gasteiger partial charge in [-0.15, -0.1) is 0 Å². The topological polar surface area (TPSA) is 52.7 Å². The average Bonchev–Trinajstić information content (AvgIpc) is 2.93. The summed E-state index contributed by atoms with van der Waals surface area (Å²) in [6.07, 6.45) is 0.949. The normalized spacial score (nSPS) is 15.2. The second-order valence-electron chi connectivity index (χ2n) is 6.99. The van der Waals surface area contributed by atoms with Gasteiger partial charge in [0.15, 0.2) is 0 Å². The van der Waals surface area contributed by atoms with Gasteiger partial charge in [-0.25, -0.2) is 0 Å². The molecule has 1 aliphatic rings. The van der Waals surface area contributed by atoms with Crippen LogP contribution in [0.15, 0.2) is 54.6 Å². The van der Waals surface area contributed by atoms with E-state index in [4.69, 9.17) is 0 Å². The smallest absolute Gasteiger partial charge is 0.251 e. The van der Waals surface area contributed by atoms with Gasteiger partial charge in [0.05, 0.1) is 6.54 Å². The lowest BCUT2D eigenvalue weighted by atomic mass is 10.1. The van der Waals surface area contributed by atoms with Crippen molar-refractivity contribution in [2.75, 3.05) is 32.7 Å². The van der Waals surface area contributed by atoms with E-state index in [1.54, 1.807) is 6.07 Å². The van der Waals surface area contributed by atoms with Crippen LogP contribution in [0.25, 0.3) is 0 Å². The van der Waals surface area contributed by atoms with Gasteiger partial charge in [0.2, 0.25) is 5.91 Å². The number of amides is 2. The maximum Gasteiger partial charge on any atom is 0.251 e.